The minimum Gasteiger partial charge on any atom is -0.399 e. The van der Waals surface area contributed by atoms with Crippen LogP contribution in [-0.2, 0) is 0 Å². The Morgan fingerprint density at radius 3 is 2.50 bits per heavy atom. The Hall–Kier alpha value is -1.18. The Kier molecular flexibility index (Phi) is 4.66. The highest BCUT2D eigenvalue weighted by molar-refractivity contribution is 5.59. The van der Waals surface area contributed by atoms with Crippen molar-refractivity contribution in [2.24, 2.45) is 5.92 Å². The molecule has 0 aromatic heterocycles. The predicted molar refractivity (Wildman–Crippen MR) is 72.9 cm³/mol. The number of aryl methyl sites for hydroxylation is 1. The molecule has 0 aliphatic rings. The fourth-order valence-electron chi connectivity index (χ4n) is 1.94. The summed E-state index contributed by atoms with van der Waals surface area (Å²) in [7, 11) is 0. The van der Waals surface area contributed by atoms with Gasteiger partial charge < -0.3 is 10.6 Å². The maximum atomic E-state index is 5.78. The van der Waals surface area contributed by atoms with E-state index in [0.29, 0.717) is 0 Å². The molecule has 0 aliphatic carbocycles. The maximum Gasteiger partial charge on any atom is 0.0397 e. The Bertz CT molecular complexity index is 334. The standard InChI is InChI=1S/C14H24N2/c1-5-11(3)10-16(6-2)14-8-7-13(15)9-12(14)4/h7-9,11H,5-6,10,15H2,1-4H3. The van der Waals surface area contributed by atoms with Gasteiger partial charge in [0, 0.05) is 24.5 Å². The summed E-state index contributed by atoms with van der Waals surface area (Å²) in [5.41, 5.74) is 9.21. The summed E-state index contributed by atoms with van der Waals surface area (Å²) < 4.78 is 0. The van der Waals surface area contributed by atoms with Crippen molar-refractivity contribution in [2.45, 2.75) is 34.1 Å². The van der Waals surface area contributed by atoms with Crippen LogP contribution in [0.3, 0.4) is 0 Å². The van der Waals surface area contributed by atoms with E-state index in [9.17, 15) is 0 Å². The zero-order valence-corrected chi connectivity index (χ0v) is 11.0. The van der Waals surface area contributed by atoms with Gasteiger partial charge in [0.1, 0.15) is 0 Å². The number of hydrogen-bond acceptors (Lipinski definition) is 2. The SMILES string of the molecule is CCC(C)CN(CC)c1ccc(N)cc1C. The molecule has 2 heteroatoms. The third-order valence-electron chi connectivity index (χ3n) is 3.17. The zero-order valence-electron chi connectivity index (χ0n) is 11.0. The topological polar surface area (TPSA) is 29.3 Å². The number of benzene rings is 1. The van der Waals surface area contributed by atoms with E-state index < -0.39 is 0 Å². The Labute approximate surface area is 99.5 Å². The molecule has 1 atom stereocenters. The van der Waals surface area contributed by atoms with Crippen LogP contribution in [0.5, 0.6) is 0 Å². The van der Waals surface area contributed by atoms with Crippen LogP contribution < -0.4 is 10.6 Å². The van der Waals surface area contributed by atoms with Crippen LogP contribution in [0.2, 0.25) is 0 Å². The van der Waals surface area contributed by atoms with Gasteiger partial charge in [-0.3, -0.25) is 0 Å². The zero-order chi connectivity index (χ0) is 12.1. The summed E-state index contributed by atoms with van der Waals surface area (Å²) in [6.45, 7) is 11.1. The second-order valence-corrected chi connectivity index (χ2v) is 4.60. The average Bonchev–Trinajstić information content (AvgIpc) is 2.26. The van der Waals surface area contributed by atoms with Gasteiger partial charge in [-0.15, -0.1) is 0 Å². The van der Waals surface area contributed by atoms with Crippen molar-refractivity contribution >= 4 is 11.4 Å². The summed E-state index contributed by atoms with van der Waals surface area (Å²) in [5.74, 6) is 0.733. The summed E-state index contributed by atoms with van der Waals surface area (Å²) in [6.07, 6.45) is 1.23. The van der Waals surface area contributed by atoms with Crippen molar-refractivity contribution in [2.75, 3.05) is 23.7 Å². The van der Waals surface area contributed by atoms with Crippen LogP contribution in [0.1, 0.15) is 32.8 Å². The second-order valence-electron chi connectivity index (χ2n) is 4.60. The Morgan fingerprint density at radius 2 is 2.00 bits per heavy atom. The van der Waals surface area contributed by atoms with Gasteiger partial charge in [0.05, 0.1) is 0 Å². The van der Waals surface area contributed by atoms with E-state index in [1.165, 1.54) is 17.7 Å². The van der Waals surface area contributed by atoms with E-state index in [-0.39, 0.29) is 0 Å². The molecule has 2 N–H and O–H groups in total. The average molecular weight is 220 g/mol. The first-order chi connectivity index (χ1) is 7.58. The van der Waals surface area contributed by atoms with E-state index in [4.69, 9.17) is 5.73 Å². The number of rotatable bonds is 5. The number of nitrogens with zero attached hydrogens (tertiary/aromatic N) is 1. The monoisotopic (exact) mass is 220 g/mol. The fraction of sp³-hybridized carbons (Fsp3) is 0.571. The van der Waals surface area contributed by atoms with Crippen molar-refractivity contribution < 1.29 is 0 Å². The lowest BCUT2D eigenvalue weighted by atomic mass is 10.1. The van der Waals surface area contributed by atoms with Crippen molar-refractivity contribution in [3.05, 3.63) is 23.8 Å². The smallest absolute Gasteiger partial charge is 0.0397 e. The molecule has 16 heavy (non-hydrogen) atoms. The van der Waals surface area contributed by atoms with Gasteiger partial charge in [0.2, 0.25) is 0 Å². The molecule has 0 saturated heterocycles. The van der Waals surface area contributed by atoms with E-state index in [1.54, 1.807) is 0 Å². The first-order valence-corrected chi connectivity index (χ1v) is 6.19. The molecule has 2 nitrogen and oxygen atoms in total. The molecule has 0 spiro atoms. The van der Waals surface area contributed by atoms with Crippen LogP contribution in [0.15, 0.2) is 18.2 Å². The quantitative estimate of drug-likeness (QED) is 0.770. The van der Waals surface area contributed by atoms with Gasteiger partial charge in [0.15, 0.2) is 0 Å². The molecule has 1 aromatic carbocycles. The van der Waals surface area contributed by atoms with E-state index >= 15 is 0 Å². The molecule has 0 fully saturated rings. The minimum atomic E-state index is 0.733. The molecule has 1 unspecified atom stereocenters. The number of hydrogen-bond donors (Lipinski definition) is 1. The summed E-state index contributed by atoms with van der Waals surface area (Å²) in [4.78, 5) is 2.43. The van der Waals surface area contributed by atoms with Crippen molar-refractivity contribution in [3.63, 3.8) is 0 Å². The van der Waals surface area contributed by atoms with E-state index in [1.807, 2.05) is 6.07 Å². The van der Waals surface area contributed by atoms with Gasteiger partial charge in [-0.2, -0.15) is 0 Å². The summed E-state index contributed by atoms with van der Waals surface area (Å²) in [6, 6.07) is 6.17. The lowest BCUT2D eigenvalue weighted by Gasteiger charge is -2.27. The molecule has 0 saturated carbocycles. The normalized spacial score (nSPS) is 12.5. The van der Waals surface area contributed by atoms with Gasteiger partial charge >= 0.3 is 0 Å². The fourth-order valence-corrected chi connectivity index (χ4v) is 1.94. The molecule has 0 aliphatic heterocycles. The van der Waals surface area contributed by atoms with Gasteiger partial charge in [-0.05, 0) is 43.5 Å². The summed E-state index contributed by atoms with van der Waals surface area (Å²) in [5, 5.41) is 0. The number of nitrogens with two attached hydrogens (primary N) is 1. The minimum absolute atomic E-state index is 0.733. The van der Waals surface area contributed by atoms with E-state index in [2.05, 4.69) is 44.7 Å². The first-order valence-electron chi connectivity index (χ1n) is 6.19. The van der Waals surface area contributed by atoms with E-state index in [0.717, 1.165) is 24.7 Å². The molecular formula is C14H24N2. The molecular weight excluding hydrogens is 196 g/mol. The highest BCUT2D eigenvalue weighted by Gasteiger charge is 2.10. The highest BCUT2D eigenvalue weighted by Crippen LogP contribution is 2.23. The molecule has 0 amide bonds. The molecule has 0 radical (unpaired) electrons. The third kappa shape index (κ3) is 3.16. The van der Waals surface area contributed by atoms with Crippen molar-refractivity contribution in [1.29, 1.82) is 0 Å². The molecule has 0 heterocycles. The first kappa shape index (κ1) is 12.9. The van der Waals surface area contributed by atoms with Crippen LogP contribution in [0, 0.1) is 12.8 Å². The largest absolute Gasteiger partial charge is 0.399 e. The lowest BCUT2D eigenvalue weighted by molar-refractivity contribution is 0.547. The Balaban J connectivity index is 2.86. The number of anilines is 2. The van der Waals surface area contributed by atoms with Crippen molar-refractivity contribution in [3.8, 4) is 0 Å². The van der Waals surface area contributed by atoms with Crippen molar-refractivity contribution in [1.82, 2.24) is 0 Å². The highest BCUT2D eigenvalue weighted by atomic mass is 15.1. The lowest BCUT2D eigenvalue weighted by Crippen LogP contribution is -2.28. The van der Waals surface area contributed by atoms with Crippen LogP contribution in [-0.4, -0.2) is 13.1 Å². The van der Waals surface area contributed by atoms with Gasteiger partial charge in [0.25, 0.3) is 0 Å². The Morgan fingerprint density at radius 1 is 1.31 bits per heavy atom. The third-order valence-corrected chi connectivity index (χ3v) is 3.17. The van der Waals surface area contributed by atoms with Crippen LogP contribution >= 0.6 is 0 Å². The van der Waals surface area contributed by atoms with Gasteiger partial charge in [-0.25, -0.2) is 0 Å². The summed E-state index contributed by atoms with van der Waals surface area (Å²) >= 11 is 0. The second kappa shape index (κ2) is 5.78. The maximum absolute atomic E-state index is 5.78. The van der Waals surface area contributed by atoms with Crippen LogP contribution in [0.25, 0.3) is 0 Å². The molecule has 0 bridgehead atoms. The molecule has 1 aromatic rings. The molecule has 90 valence electrons. The van der Waals surface area contributed by atoms with Gasteiger partial charge in [-0.1, -0.05) is 20.3 Å². The number of nitrogen functional groups attached to an aromatic ring is 1. The predicted octanol–water partition coefficient (Wildman–Crippen LogP) is 3.45. The van der Waals surface area contributed by atoms with Crippen LogP contribution in [0.4, 0.5) is 11.4 Å². The molecule has 1 rings (SSSR count).